The fourth-order valence-electron chi connectivity index (χ4n) is 2.01. The highest BCUT2D eigenvalue weighted by Gasteiger charge is 2.18. The molecule has 5 heteroatoms. The van der Waals surface area contributed by atoms with E-state index in [9.17, 15) is 9.18 Å². The summed E-state index contributed by atoms with van der Waals surface area (Å²) in [4.78, 5) is 15.6. The molecule has 3 nitrogen and oxygen atoms in total. The SMILES string of the molecule is CCc1nc2ccc(F)c(Cl)c2c(OC(C)=O)c1C. The molecule has 0 amide bonds. The minimum Gasteiger partial charge on any atom is -0.426 e. The molecule has 0 aliphatic heterocycles. The number of esters is 1. The van der Waals surface area contributed by atoms with Crippen LogP contribution in [0.4, 0.5) is 4.39 Å². The van der Waals surface area contributed by atoms with Crippen LogP contribution < -0.4 is 4.74 Å². The molecule has 0 saturated heterocycles. The summed E-state index contributed by atoms with van der Waals surface area (Å²) in [5.74, 6) is -0.746. The first-order valence-corrected chi connectivity index (χ1v) is 6.29. The van der Waals surface area contributed by atoms with Crippen LogP contribution in [-0.2, 0) is 11.2 Å². The topological polar surface area (TPSA) is 39.2 Å². The zero-order valence-electron chi connectivity index (χ0n) is 10.9. The molecule has 100 valence electrons. The zero-order valence-corrected chi connectivity index (χ0v) is 11.6. The summed E-state index contributed by atoms with van der Waals surface area (Å²) in [6.07, 6.45) is 0.686. The summed E-state index contributed by atoms with van der Waals surface area (Å²) < 4.78 is 18.8. The molecule has 0 unspecified atom stereocenters. The number of rotatable bonds is 2. The van der Waals surface area contributed by atoms with E-state index in [2.05, 4.69) is 4.98 Å². The molecular weight excluding hydrogens is 269 g/mol. The van der Waals surface area contributed by atoms with E-state index >= 15 is 0 Å². The number of carbonyl (C=O) groups is 1. The van der Waals surface area contributed by atoms with Crippen molar-refractivity contribution < 1.29 is 13.9 Å². The van der Waals surface area contributed by atoms with Gasteiger partial charge in [-0.2, -0.15) is 0 Å². The number of carbonyl (C=O) groups excluding carboxylic acids is 1. The third-order valence-corrected chi connectivity index (χ3v) is 3.28. The van der Waals surface area contributed by atoms with Gasteiger partial charge >= 0.3 is 5.97 Å². The Kier molecular flexibility index (Phi) is 3.71. The third kappa shape index (κ3) is 2.40. The Morgan fingerprint density at radius 3 is 2.74 bits per heavy atom. The highest BCUT2D eigenvalue weighted by Crippen LogP contribution is 2.37. The van der Waals surface area contributed by atoms with Crippen LogP contribution in [0.25, 0.3) is 10.9 Å². The average molecular weight is 282 g/mol. The third-order valence-electron chi connectivity index (χ3n) is 2.91. The quantitative estimate of drug-likeness (QED) is 0.786. The largest absolute Gasteiger partial charge is 0.426 e. The Balaban J connectivity index is 2.88. The summed E-state index contributed by atoms with van der Waals surface area (Å²) in [6.45, 7) is 5.03. The van der Waals surface area contributed by atoms with Gasteiger partial charge in [-0.3, -0.25) is 9.78 Å². The Bertz CT molecular complexity index is 670. The number of nitrogens with zero attached hydrogens (tertiary/aromatic N) is 1. The van der Waals surface area contributed by atoms with Crippen molar-refractivity contribution in [3.8, 4) is 5.75 Å². The molecular formula is C14H13ClFNO2. The molecule has 0 spiro atoms. The minimum atomic E-state index is -0.562. The van der Waals surface area contributed by atoms with E-state index in [-0.39, 0.29) is 5.02 Å². The number of benzene rings is 1. The van der Waals surface area contributed by atoms with Crippen molar-refractivity contribution in [1.29, 1.82) is 0 Å². The molecule has 0 aliphatic carbocycles. The average Bonchev–Trinajstić information content (AvgIpc) is 2.36. The van der Waals surface area contributed by atoms with Crippen LogP contribution in [0.3, 0.4) is 0 Å². The van der Waals surface area contributed by atoms with Crippen LogP contribution in [-0.4, -0.2) is 11.0 Å². The van der Waals surface area contributed by atoms with Crippen molar-refractivity contribution in [3.05, 3.63) is 34.2 Å². The second kappa shape index (κ2) is 5.13. The van der Waals surface area contributed by atoms with Crippen molar-refractivity contribution in [2.75, 3.05) is 0 Å². The number of hydrogen-bond acceptors (Lipinski definition) is 3. The Morgan fingerprint density at radius 1 is 1.47 bits per heavy atom. The van der Waals surface area contributed by atoms with Crippen molar-refractivity contribution in [2.24, 2.45) is 0 Å². The second-order valence-electron chi connectivity index (χ2n) is 4.22. The number of aryl methyl sites for hydroxylation is 1. The van der Waals surface area contributed by atoms with E-state index in [4.69, 9.17) is 16.3 Å². The molecule has 0 saturated carbocycles. The maximum atomic E-state index is 13.6. The molecule has 2 aromatic rings. The maximum absolute atomic E-state index is 13.6. The van der Waals surface area contributed by atoms with E-state index in [1.165, 1.54) is 19.1 Å². The predicted molar refractivity (Wildman–Crippen MR) is 72.1 cm³/mol. The molecule has 1 aromatic heterocycles. The van der Waals surface area contributed by atoms with Crippen LogP contribution in [0.1, 0.15) is 25.1 Å². The van der Waals surface area contributed by atoms with Gasteiger partial charge in [0.25, 0.3) is 0 Å². The number of halogens is 2. The van der Waals surface area contributed by atoms with E-state index in [1.54, 1.807) is 6.92 Å². The normalized spacial score (nSPS) is 10.8. The lowest BCUT2D eigenvalue weighted by Crippen LogP contribution is -2.07. The lowest BCUT2D eigenvalue weighted by atomic mass is 10.1. The molecule has 1 heterocycles. The van der Waals surface area contributed by atoms with Gasteiger partial charge in [0.2, 0.25) is 0 Å². The van der Waals surface area contributed by atoms with Crippen molar-refractivity contribution in [2.45, 2.75) is 27.2 Å². The molecule has 1 aromatic carbocycles. The summed E-state index contributed by atoms with van der Waals surface area (Å²) in [6, 6.07) is 2.78. The van der Waals surface area contributed by atoms with Gasteiger partial charge in [-0.05, 0) is 25.5 Å². The number of hydrogen-bond donors (Lipinski definition) is 0. The summed E-state index contributed by atoms with van der Waals surface area (Å²) in [7, 11) is 0. The first-order chi connectivity index (χ1) is 8.95. The van der Waals surface area contributed by atoms with Gasteiger partial charge in [0, 0.05) is 18.2 Å². The predicted octanol–water partition coefficient (Wildman–Crippen LogP) is 3.82. The van der Waals surface area contributed by atoms with Crippen LogP contribution in [0, 0.1) is 12.7 Å². The number of ether oxygens (including phenoxy) is 1. The monoisotopic (exact) mass is 281 g/mol. The molecule has 0 radical (unpaired) electrons. The number of aromatic nitrogens is 1. The van der Waals surface area contributed by atoms with Gasteiger partial charge < -0.3 is 4.74 Å². The van der Waals surface area contributed by atoms with Crippen LogP contribution in [0.15, 0.2) is 12.1 Å². The van der Waals surface area contributed by atoms with Gasteiger partial charge in [0.15, 0.2) is 0 Å². The highest BCUT2D eigenvalue weighted by atomic mass is 35.5. The van der Waals surface area contributed by atoms with Crippen molar-refractivity contribution in [1.82, 2.24) is 4.98 Å². The van der Waals surface area contributed by atoms with E-state index < -0.39 is 11.8 Å². The Morgan fingerprint density at radius 2 is 2.16 bits per heavy atom. The van der Waals surface area contributed by atoms with Crippen LogP contribution in [0.5, 0.6) is 5.75 Å². The van der Waals surface area contributed by atoms with Gasteiger partial charge in [-0.25, -0.2) is 4.39 Å². The second-order valence-corrected chi connectivity index (χ2v) is 4.59. The van der Waals surface area contributed by atoms with Gasteiger partial charge in [-0.1, -0.05) is 18.5 Å². The Hall–Kier alpha value is -1.68. The number of pyridine rings is 1. The fourth-order valence-corrected chi connectivity index (χ4v) is 2.26. The van der Waals surface area contributed by atoms with Crippen molar-refractivity contribution in [3.63, 3.8) is 0 Å². The standard InChI is InChI=1S/C14H13ClFNO2/c1-4-10-7(2)14(19-8(3)18)12-11(17-10)6-5-9(16)13(12)15/h5-6H,4H2,1-3H3. The lowest BCUT2D eigenvalue weighted by molar-refractivity contribution is -0.131. The zero-order chi connectivity index (χ0) is 14.2. The van der Waals surface area contributed by atoms with Crippen LogP contribution in [0.2, 0.25) is 5.02 Å². The molecule has 0 atom stereocenters. The lowest BCUT2D eigenvalue weighted by Gasteiger charge is -2.14. The summed E-state index contributed by atoms with van der Waals surface area (Å²) >= 11 is 5.98. The molecule has 19 heavy (non-hydrogen) atoms. The molecule has 2 rings (SSSR count). The Labute approximate surface area is 115 Å². The summed E-state index contributed by atoms with van der Waals surface area (Å²) in [5, 5.41) is 0.263. The molecule has 0 N–H and O–H groups in total. The number of fused-ring (bicyclic) bond motifs is 1. The summed E-state index contributed by atoms with van der Waals surface area (Å²) in [5.41, 5.74) is 2.02. The highest BCUT2D eigenvalue weighted by molar-refractivity contribution is 6.36. The fraction of sp³-hybridized carbons (Fsp3) is 0.286. The maximum Gasteiger partial charge on any atom is 0.308 e. The van der Waals surface area contributed by atoms with Crippen LogP contribution >= 0.6 is 11.6 Å². The molecule has 0 bridgehead atoms. The molecule has 0 fully saturated rings. The van der Waals surface area contributed by atoms with E-state index in [0.717, 1.165) is 5.69 Å². The first kappa shape index (κ1) is 13.7. The van der Waals surface area contributed by atoms with Crippen molar-refractivity contribution >= 4 is 28.5 Å². The van der Waals surface area contributed by atoms with Gasteiger partial charge in [-0.15, -0.1) is 0 Å². The molecule has 0 aliphatic rings. The van der Waals surface area contributed by atoms with Gasteiger partial charge in [0.05, 0.1) is 15.9 Å². The van der Waals surface area contributed by atoms with E-state index in [0.29, 0.717) is 28.6 Å². The minimum absolute atomic E-state index is 0.0768. The first-order valence-electron chi connectivity index (χ1n) is 5.91. The van der Waals surface area contributed by atoms with Gasteiger partial charge in [0.1, 0.15) is 11.6 Å². The van der Waals surface area contributed by atoms with E-state index in [1.807, 2.05) is 6.92 Å². The smallest absolute Gasteiger partial charge is 0.308 e.